The molecule has 0 saturated carbocycles. The second kappa shape index (κ2) is 22.9. The normalized spacial score (nSPS) is 13.8. The van der Waals surface area contributed by atoms with Crippen LogP contribution in [-0.2, 0) is 23.4 Å². The van der Waals surface area contributed by atoms with Gasteiger partial charge in [0, 0.05) is 13.2 Å². The lowest BCUT2D eigenvalue weighted by Gasteiger charge is -2.19. The van der Waals surface area contributed by atoms with Gasteiger partial charge in [0.25, 0.3) is 0 Å². The molecule has 0 aromatic rings. The molecule has 0 bridgehead atoms. The van der Waals surface area contributed by atoms with E-state index in [4.69, 9.17) is 24.4 Å². The number of phosphoric ester groups is 1. The van der Waals surface area contributed by atoms with Crippen LogP contribution in [0.4, 0.5) is 0 Å². The smallest absolute Gasteiger partial charge is 0.469 e. The molecule has 0 rings (SSSR count). The summed E-state index contributed by atoms with van der Waals surface area (Å²) in [5.41, 5.74) is 0. The summed E-state index contributed by atoms with van der Waals surface area (Å²) < 4.78 is 26.8. The molecule has 0 aromatic carbocycles. The van der Waals surface area contributed by atoms with Crippen molar-refractivity contribution in [3.8, 4) is 0 Å². The Morgan fingerprint density at radius 1 is 0.765 bits per heavy atom. The fourth-order valence-electron chi connectivity index (χ4n) is 3.70. The number of unbranched alkanes of at least 4 members (excludes halogenated alkanes) is 13. The Bertz CT molecular complexity index is 511. The van der Waals surface area contributed by atoms with Crippen LogP contribution >= 0.6 is 7.82 Å². The van der Waals surface area contributed by atoms with Crippen molar-refractivity contribution < 1.29 is 38.3 Å². The molecule has 3 N–H and O–H groups in total. The molecule has 0 aliphatic rings. The second-order valence-electron chi connectivity index (χ2n) is 9.33. The Morgan fingerprint density at radius 2 is 1.26 bits per heavy atom. The number of phosphoric acid groups is 1. The highest BCUT2D eigenvalue weighted by atomic mass is 31.2. The van der Waals surface area contributed by atoms with Gasteiger partial charge in [0.2, 0.25) is 0 Å². The van der Waals surface area contributed by atoms with Gasteiger partial charge in [0.1, 0.15) is 6.10 Å². The summed E-state index contributed by atoms with van der Waals surface area (Å²) in [6, 6.07) is 0. The Balaban J connectivity index is 3.71. The molecule has 2 unspecified atom stereocenters. The first-order valence-corrected chi connectivity index (χ1v) is 14.9. The van der Waals surface area contributed by atoms with Gasteiger partial charge in [0.05, 0.1) is 19.1 Å². The van der Waals surface area contributed by atoms with Crippen LogP contribution in [0.5, 0.6) is 0 Å². The summed E-state index contributed by atoms with van der Waals surface area (Å²) in [6.07, 6.45) is 18.5. The molecular weight excluding hydrogens is 459 g/mol. The molecule has 0 aromatic heterocycles. The Morgan fingerprint density at radius 3 is 1.74 bits per heavy atom. The van der Waals surface area contributed by atoms with E-state index in [1.807, 2.05) is 0 Å². The van der Waals surface area contributed by atoms with Crippen LogP contribution in [0.25, 0.3) is 0 Å². The van der Waals surface area contributed by atoms with Crippen molar-refractivity contribution >= 4 is 13.8 Å². The van der Waals surface area contributed by atoms with Crippen molar-refractivity contribution in [2.24, 2.45) is 5.92 Å². The van der Waals surface area contributed by atoms with Gasteiger partial charge in [0.15, 0.2) is 0 Å². The summed E-state index contributed by atoms with van der Waals surface area (Å²) in [7, 11) is -4.58. The average Bonchev–Trinajstić information content (AvgIpc) is 2.78. The fourth-order valence-corrected chi connectivity index (χ4v) is 4.06. The predicted molar refractivity (Wildman–Crippen MR) is 135 cm³/mol. The summed E-state index contributed by atoms with van der Waals surface area (Å²) in [4.78, 5) is 28.7. The third-order valence-corrected chi connectivity index (χ3v) is 6.42. The van der Waals surface area contributed by atoms with E-state index in [9.17, 15) is 9.36 Å². The van der Waals surface area contributed by atoms with Crippen molar-refractivity contribution in [1.29, 1.82) is 0 Å². The van der Waals surface area contributed by atoms with Crippen molar-refractivity contribution in [2.75, 3.05) is 26.4 Å². The van der Waals surface area contributed by atoms with Gasteiger partial charge in [-0.2, -0.15) is 0 Å². The monoisotopic (exact) mass is 510 g/mol. The molecular formula is C25H51O8P. The summed E-state index contributed by atoms with van der Waals surface area (Å²) in [5, 5.41) is 8.91. The first kappa shape index (κ1) is 33.5. The lowest BCUT2D eigenvalue weighted by Crippen LogP contribution is -2.26. The van der Waals surface area contributed by atoms with Gasteiger partial charge in [-0.3, -0.25) is 9.32 Å². The summed E-state index contributed by atoms with van der Waals surface area (Å²) in [6.45, 7) is 4.67. The zero-order valence-electron chi connectivity index (χ0n) is 21.6. The van der Waals surface area contributed by atoms with Gasteiger partial charge in [-0.15, -0.1) is 0 Å². The molecule has 9 heteroatoms. The van der Waals surface area contributed by atoms with E-state index >= 15 is 0 Å². The van der Waals surface area contributed by atoms with Gasteiger partial charge in [-0.25, -0.2) is 4.57 Å². The maximum atomic E-state index is 11.0. The Hall–Kier alpha value is -0.500. The molecule has 34 heavy (non-hydrogen) atoms. The van der Waals surface area contributed by atoms with E-state index in [2.05, 4.69) is 11.4 Å². The number of hydrogen-bond donors (Lipinski definition) is 3. The zero-order chi connectivity index (χ0) is 25.5. The highest BCUT2D eigenvalue weighted by Gasteiger charge is 2.19. The average molecular weight is 511 g/mol. The van der Waals surface area contributed by atoms with Crippen LogP contribution in [0.1, 0.15) is 117 Å². The van der Waals surface area contributed by atoms with E-state index < -0.39 is 25.8 Å². The first-order valence-electron chi connectivity index (χ1n) is 13.4. The van der Waals surface area contributed by atoms with Crippen molar-refractivity contribution in [2.45, 2.75) is 123 Å². The van der Waals surface area contributed by atoms with E-state index in [0.29, 0.717) is 19.4 Å². The molecule has 0 fully saturated rings. The van der Waals surface area contributed by atoms with Gasteiger partial charge >= 0.3 is 13.8 Å². The molecule has 0 aliphatic carbocycles. The number of rotatable bonds is 26. The maximum Gasteiger partial charge on any atom is 0.469 e. The zero-order valence-corrected chi connectivity index (χ0v) is 22.5. The summed E-state index contributed by atoms with van der Waals surface area (Å²) >= 11 is 0. The first-order chi connectivity index (χ1) is 16.3. The third kappa shape index (κ3) is 24.6. The van der Waals surface area contributed by atoms with Crippen molar-refractivity contribution in [3.63, 3.8) is 0 Å². The maximum absolute atomic E-state index is 11.0. The summed E-state index contributed by atoms with van der Waals surface area (Å²) in [5.74, 6) is -1.30. The Kier molecular flexibility index (Phi) is 22.6. The minimum Gasteiger partial charge on any atom is -0.481 e. The number of carboxylic acids is 1. The van der Waals surface area contributed by atoms with Gasteiger partial charge in [-0.1, -0.05) is 97.3 Å². The van der Waals surface area contributed by atoms with Gasteiger partial charge < -0.3 is 24.4 Å². The number of ether oxygens (including phenoxy) is 2. The molecule has 0 spiro atoms. The van der Waals surface area contributed by atoms with Crippen LogP contribution in [0.2, 0.25) is 0 Å². The highest BCUT2D eigenvalue weighted by Crippen LogP contribution is 2.35. The standard InChI is InChI=1S/C25H51O8P/c1-3-4-5-6-7-8-9-10-11-12-13-14-15-16-19-31-21-24(22-33-34(28,29)30)32-20-17-18-23(2)25(26)27/h23-24H,3-22H2,1-2H3,(H,26,27)(H2,28,29,30). The molecule has 0 saturated heterocycles. The van der Waals surface area contributed by atoms with E-state index in [1.54, 1.807) is 6.92 Å². The van der Waals surface area contributed by atoms with Crippen molar-refractivity contribution in [1.82, 2.24) is 0 Å². The molecule has 204 valence electrons. The lowest BCUT2D eigenvalue weighted by molar-refractivity contribution is -0.141. The third-order valence-electron chi connectivity index (χ3n) is 5.93. The lowest BCUT2D eigenvalue weighted by atomic mass is 10.0. The van der Waals surface area contributed by atoms with Crippen LogP contribution in [-0.4, -0.2) is 53.4 Å². The number of hydrogen-bond acceptors (Lipinski definition) is 5. The van der Waals surface area contributed by atoms with Crippen LogP contribution in [0, 0.1) is 5.92 Å². The van der Waals surface area contributed by atoms with E-state index in [1.165, 1.54) is 77.0 Å². The number of carboxylic acid groups (broad SMARTS) is 1. The predicted octanol–water partition coefficient (Wildman–Crippen LogP) is 6.48. The Labute approximate surface area is 207 Å². The van der Waals surface area contributed by atoms with Crippen LogP contribution in [0.15, 0.2) is 0 Å². The minimum absolute atomic E-state index is 0.187. The quantitative estimate of drug-likeness (QED) is 0.0892. The van der Waals surface area contributed by atoms with Gasteiger partial charge in [-0.05, 0) is 19.3 Å². The largest absolute Gasteiger partial charge is 0.481 e. The van der Waals surface area contributed by atoms with Crippen LogP contribution in [0.3, 0.4) is 0 Å². The SMILES string of the molecule is CCCCCCCCCCCCCCCCOCC(COP(=O)(O)O)OCCCC(C)C(=O)O. The van der Waals surface area contributed by atoms with E-state index in [0.717, 1.165) is 12.8 Å². The van der Waals surface area contributed by atoms with E-state index in [-0.39, 0.29) is 19.8 Å². The molecule has 0 heterocycles. The molecule has 0 radical (unpaired) electrons. The molecule has 0 aliphatic heterocycles. The van der Waals surface area contributed by atoms with Crippen molar-refractivity contribution in [3.05, 3.63) is 0 Å². The second-order valence-corrected chi connectivity index (χ2v) is 10.6. The number of aliphatic carboxylic acids is 1. The number of carbonyl (C=O) groups is 1. The highest BCUT2D eigenvalue weighted by molar-refractivity contribution is 7.46. The molecule has 8 nitrogen and oxygen atoms in total. The molecule has 2 atom stereocenters. The molecule has 0 amide bonds. The topological polar surface area (TPSA) is 123 Å². The van der Waals surface area contributed by atoms with Crippen LogP contribution < -0.4 is 0 Å². The minimum atomic E-state index is -4.58. The fraction of sp³-hybridized carbons (Fsp3) is 0.960.